The zero-order valence-electron chi connectivity index (χ0n) is 11.3. The van der Waals surface area contributed by atoms with Crippen LogP contribution < -0.4 is 5.32 Å². The maximum atomic E-state index is 12.7. The van der Waals surface area contributed by atoms with Gasteiger partial charge in [0.05, 0.1) is 5.57 Å². The number of amides is 1. The minimum Gasteiger partial charge on any atom is -0.450 e. The Kier molecular flexibility index (Phi) is 3.09. The summed E-state index contributed by atoms with van der Waals surface area (Å²) >= 11 is 0. The molecule has 3 aliphatic heterocycles. The summed E-state index contributed by atoms with van der Waals surface area (Å²) in [6, 6.07) is 0. The number of carbonyl (C=O) groups is 2. The second-order valence-electron chi connectivity index (χ2n) is 5.63. The number of nitrogens with zero attached hydrogens (tertiary/aromatic N) is 1. The van der Waals surface area contributed by atoms with Crippen molar-refractivity contribution in [3.05, 3.63) is 11.1 Å². The van der Waals surface area contributed by atoms with Crippen molar-refractivity contribution in [3.63, 3.8) is 0 Å². The van der Waals surface area contributed by atoms with Crippen LogP contribution in [0.1, 0.15) is 32.6 Å². The van der Waals surface area contributed by atoms with Crippen LogP contribution in [0, 0.1) is 0 Å². The number of hydrogen-bond donors (Lipinski definition) is 1. The fourth-order valence-electron chi connectivity index (χ4n) is 3.37. The van der Waals surface area contributed by atoms with E-state index < -0.39 is 5.60 Å². The van der Waals surface area contributed by atoms with Crippen LogP contribution in [0.4, 0.5) is 0 Å². The fourth-order valence-corrected chi connectivity index (χ4v) is 3.37. The fraction of sp³-hybridized carbons (Fsp3) is 0.714. The highest BCUT2D eigenvalue weighted by Gasteiger charge is 2.50. The lowest BCUT2D eigenvalue weighted by atomic mass is 9.83. The van der Waals surface area contributed by atoms with Crippen molar-refractivity contribution in [3.8, 4) is 0 Å². The van der Waals surface area contributed by atoms with Crippen molar-refractivity contribution in [2.24, 2.45) is 0 Å². The van der Waals surface area contributed by atoms with Gasteiger partial charge in [0.15, 0.2) is 0 Å². The molecule has 5 nitrogen and oxygen atoms in total. The lowest BCUT2D eigenvalue weighted by molar-refractivity contribution is -0.149. The summed E-state index contributed by atoms with van der Waals surface area (Å²) in [5.41, 5.74) is 0.478. The number of hydrogen-bond acceptors (Lipinski definition) is 4. The zero-order chi connectivity index (χ0) is 13.5. The van der Waals surface area contributed by atoms with E-state index in [-0.39, 0.29) is 11.9 Å². The minimum atomic E-state index is -0.661. The minimum absolute atomic E-state index is 0.0164. The molecule has 1 amide bonds. The highest BCUT2D eigenvalue weighted by atomic mass is 16.6. The van der Waals surface area contributed by atoms with Crippen molar-refractivity contribution < 1.29 is 14.3 Å². The number of carbonyl (C=O) groups excluding carboxylic acids is 2. The Hall–Kier alpha value is -1.36. The van der Waals surface area contributed by atoms with Crippen LogP contribution in [0.3, 0.4) is 0 Å². The molecule has 0 aromatic rings. The summed E-state index contributed by atoms with van der Waals surface area (Å²) in [6.45, 7) is 4.91. The largest absolute Gasteiger partial charge is 0.450 e. The van der Waals surface area contributed by atoms with Gasteiger partial charge in [-0.3, -0.25) is 4.79 Å². The van der Waals surface area contributed by atoms with Crippen LogP contribution in [-0.4, -0.2) is 48.6 Å². The van der Waals surface area contributed by atoms with E-state index in [1.807, 2.05) is 4.90 Å². The SMILES string of the molecule is CC1=C(C(=O)N2CCCC2)C2(CCNCC2)OC1=O. The van der Waals surface area contributed by atoms with Crippen LogP contribution in [0.5, 0.6) is 0 Å². The van der Waals surface area contributed by atoms with Gasteiger partial charge in [-0.25, -0.2) is 4.79 Å². The summed E-state index contributed by atoms with van der Waals surface area (Å²) in [4.78, 5) is 26.5. The summed E-state index contributed by atoms with van der Waals surface area (Å²) in [7, 11) is 0. The van der Waals surface area contributed by atoms with E-state index >= 15 is 0 Å². The summed E-state index contributed by atoms with van der Waals surface area (Å²) < 4.78 is 5.59. The van der Waals surface area contributed by atoms with Gasteiger partial charge in [0.2, 0.25) is 0 Å². The molecule has 0 bridgehead atoms. The highest BCUT2D eigenvalue weighted by Crippen LogP contribution is 2.40. The van der Waals surface area contributed by atoms with Crippen molar-refractivity contribution in [1.82, 2.24) is 10.2 Å². The summed E-state index contributed by atoms with van der Waals surface area (Å²) in [6.07, 6.45) is 3.51. The Morgan fingerprint density at radius 1 is 1.26 bits per heavy atom. The average Bonchev–Trinajstić information content (AvgIpc) is 2.99. The maximum Gasteiger partial charge on any atom is 0.335 e. The van der Waals surface area contributed by atoms with Gasteiger partial charge in [-0.05, 0) is 32.9 Å². The molecule has 3 heterocycles. The topological polar surface area (TPSA) is 58.6 Å². The Bertz CT molecular complexity index is 444. The first-order chi connectivity index (χ1) is 9.14. The maximum absolute atomic E-state index is 12.7. The molecule has 3 aliphatic rings. The van der Waals surface area contributed by atoms with E-state index in [2.05, 4.69) is 5.32 Å². The molecule has 0 aromatic heterocycles. The number of esters is 1. The Labute approximate surface area is 113 Å². The van der Waals surface area contributed by atoms with Gasteiger partial charge in [0, 0.05) is 31.5 Å². The van der Waals surface area contributed by atoms with Gasteiger partial charge in [-0.15, -0.1) is 0 Å². The lowest BCUT2D eigenvalue weighted by Gasteiger charge is -2.35. The van der Waals surface area contributed by atoms with Gasteiger partial charge < -0.3 is 15.0 Å². The molecule has 0 atom stereocenters. The van der Waals surface area contributed by atoms with Gasteiger partial charge in [0.1, 0.15) is 5.60 Å². The molecule has 1 N–H and O–H groups in total. The van der Waals surface area contributed by atoms with Crippen molar-refractivity contribution in [1.29, 1.82) is 0 Å². The van der Waals surface area contributed by atoms with Gasteiger partial charge >= 0.3 is 5.97 Å². The van der Waals surface area contributed by atoms with E-state index in [1.54, 1.807) is 6.92 Å². The standard InChI is InChI=1S/C14H20N2O3/c1-10-11(12(17)16-8-2-3-9-16)14(19-13(10)18)4-6-15-7-5-14/h15H,2-9H2,1H3. The second kappa shape index (κ2) is 4.63. The quantitative estimate of drug-likeness (QED) is 0.705. The van der Waals surface area contributed by atoms with Gasteiger partial charge in [0.25, 0.3) is 5.91 Å². The highest BCUT2D eigenvalue weighted by molar-refractivity contribution is 6.07. The third-order valence-corrected chi connectivity index (χ3v) is 4.44. The summed E-state index contributed by atoms with van der Waals surface area (Å²) in [5, 5.41) is 3.26. The smallest absolute Gasteiger partial charge is 0.335 e. The Morgan fingerprint density at radius 2 is 1.89 bits per heavy atom. The van der Waals surface area contributed by atoms with Crippen LogP contribution in [0.2, 0.25) is 0 Å². The number of rotatable bonds is 1. The normalized spacial score (nSPS) is 26.2. The molecule has 0 saturated carbocycles. The van der Waals surface area contributed by atoms with Gasteiger partial charge in [-0.1, -0.05) is 0 Å². The number of ether oxygens (including phenoxy) is 1. The molecule has 2 saturated heterocycles. The molecule has 5 heteroatoms. The van der Waals surface area contributed by atoms with Gasteiger partial charge in [-0.2, -0.15) is 0 Å². The molecule has 0 unspecified atom stereocenters. The number of piperidine rings is 1. The molecule has 2 fully saturated rings. The van der Waals surface area contributed by atoms with E-state index in [0.29, 0.717) is 24.0 Å². The molecule has 104 valence electrons. The van der Waals surface area contributed by atoms with Crippen LogP contribution >= 0.6 is 0 Å². The van der Waals surface area contributed by atoms with Crippen LogP contribution in [0.25, 0.3) is 0 Å². The third-order valence-electron chi connectivity index (χ3n) is 4.44. The van der Waals surface area contributed by atoms with Crippen molar-refractivity contribution in [2.45, 2.75) is 38.2 Å². The molecule has 0 radical (unpaired) electrons. The lowest BCUT2D eigenvalue weighted by Crippen LogP contribution is -2.47. The first-order valence-corrected chi connectivity index (χ1v) is 7.09. The first-order valence-electron chi connectivity index (χ1n) is 7.09. The zero-order valence-corrected chi connectivity index (χ0v) is 11.3. The average molecular weight is 264 g/mol. The Balaban J connectivity index is 1.94. The van der Waals surface area contributed by atoms with E-state index in [9.17, 15) is 9.59 Å². The van der Waals surface area contributed by atoms with E-state index in [1.165, 1.54) is 0 Å². The van der Waals surface area contributed by atoms with E-state index in [4.69, 9.17) is 4.74 Å². The van der Waals surface area contributed by atoms with Crippen molar-refractivity contribution in [2.75, 3.05) is 26.2 Å². The predicted molar refractivity (Wildman–Crippen MR) is 69.4 cm³/mol. The molecule has 0 aliphatic carbocycles. The number of likely N-dealkylation sites (tertiary alicyclic amines) is 1. The monoisotopic (exact) mass is 264 g/mol. The number of nitrogens with one attached hydrogen (secondary N) is 1. The molecule has 1 spiro atoms. The molecule has 3 rings (SSSR count). The molecule has 19 heavy (non-hydrogen) atoms. The molecular weight excluding hydrogens is 244 g/mol. The second-order valence-corrected chi connectivity index (χ2v) is 5.63. The van der Waals surface area contributed by atoms with Crippen LogP contribution in [-0.2, 0) is 14.3 Å². The molecular formula is C14H20N2O3. The third kappa shape index (κ3) is 1.96. The first kappa shape index (κ1) is 12.7. The van der Waals surface area contributed by atoms with Crippen molar-refractivity contribution >= 4 is 11.9 Å². The van der Waals surface area contributed by atoms with E-state index in [0.717, 1.165) is 39.0 Å². The summed E-state index contributed by atoms with van der Waals surface area (Å²) in [5.74, 6) is -0.299. The van der Waals surface area contributed by atoms with Crippen LogP contribution in [0.15, 0.2) is 11.1 Å². The predicted octanol–water partition coefficient (Wildman–Crippen LogP) is 0.604. The molecule has 0 aromatic carbocycles. The Morgan fingerprint density at radius 3 is 2.53 bits per heavy atom.